The van der Waals surface area contributed by atoms with E-state index in [2.05, 4.69) is 80.3 Å². The summed E-state index contributed by atoms with van der Waals surface area (Å²) in [7, 11) is 0. The van der Waals surface area contributed by atoms with Crippen molar-refractivity contribution in [3.8, 4) is 0 Å². The number of ketones is 1. The first-order valence-corrected chi connectivity index (χ1v) is 15.3. The highest BCUT2D eigenvalue weighted by atomic mass is 16.1. The highest BCUT2D eigenvalue weighted by Gasteiger charge is 2.75. The van der Waals surface area contributed by atoms with Gasteiger partial charge in [0.25, 0.3) is 0 Å². The maximum absolute atomic E-state index is 15.3. The van der Waals surface area contributed by atoms with Crippen LogP contribution in [-0.4, -0.2) is 101 Å². The summed E-state index contributed by atoms with van der Waals surface area (Å²) in [6.07, 6.45) is 7.45. The van der Waals surface area contributed by atoms with E-state index >= 15 is 4.79 Å². The molecule has 4 saturated carbocycles. The van der Waals surface area contributed by atoms with Crippen LogP contribution in [-0.2, 0) is 4.79 Å². The van der Waals surface area contributed by atoms with Gasteiger partial charge < -0.3 is 0 Å². The minimum absolute atomic E-state index is 0.324. The quantitative estimate of drug-likeness (QED) is 0.536. The molecule has 2 aromatic carbocycles. The van der Waals surface area contributed by atoms with Gasteiger partial charge in [0.15, 0.2) is 5.78 Å². The number of carbonyl (C=O) groups excluding carboxylic acids is 1. The SMILES string of the molecule is O=C(C1(N2CCN(C3CC3)CC2)CC1c1ccccc1)C1(N2CCN(C3CC3)CC2)CC1c1ccccc1. The molecule has 38 heavy (non-hydrogen) atoms. The molecule has 5 nitrogen and oxygen atoms in total. The average molecular weight is 511 g/mol. The molecule has 4 unspecified atom stereocenters. The van der Waals surface area contributed by atoms with Crippen molar-refractivity contribution in [3.63, 3.8) is 0 Å². The number of rotatable bonds is 8. The van der Waals surface area contributed by atoms with Crippen molar-refractivity contribution >= 4 is 5.78 Å². The molecule has 6 aliphatic rings. The summed E-state index contributed by atoms with van der Waals surface area (Å²) in [5.74, 6) is 1.20. The Balaban J connectivity index is 1.13. The standard InChI is InChI=1S/C33H42N4O/c38-31(32(23-29(32)25-7-3-1-4-8-25)36-19-15-34(16-20-36)27-11-12-27)33(24-30(33)26-9-5-2-6-10-26)37-21-17-35(18-22-37)28-13-14-28/h1-10,27-30H,11-24H2. The fraction of sp³-hybridized carbons (Fsp3) is 0.606. The van der Waals surface area contributed by atoms with Crippen molar-refractivity contribution in [2.45, 2.75) is 73.5 Å². The van der Waals surface area contributed by atoms with Crippen LogP contribution in [0.15, 0.2) is 60.7 Å². The lowest BCUT2D eigenvalue weighted by Crippen LogP contribution is -2.62. The molecule has 8 rings (SSSR count). The molecule has 4 aliphatic carbocycles. The molecule has 4 atom stereocenters. The lowest BCUT2D eigenvalue weighted by Gasteiger charge is -2.45. The molecular weight excluding hydrogens is 468 g/mol. The second-order valence-electron chi connectivity index (χ2n) is 13.0. The minimum Gasteiger partial charge on any atom is -0.298 e. The normalized spacial score (nSPS) is 36.7. The molecule has 200 valence electrons. The van der Waals surface area contributed by atoms with Gasteiger partial charge in [-0.1, -0.05) is 60.7 Å². The number of piperazine rings is 2. The van der Waals surface area contributed by atoms with Gasteiger partial charge in [-0.05, 0) is 49.7 Å². The number of benzene rings is 2. The van der Waals surface area contributed by atoms with Crippen LogP contribution in [0.5, 0.6) is 0 Å². The zero-order valence-electron chi connectivity index (χ0n) is 22.7. The van der Waals surface area contributed by atoms with Crippen molar-refractivity contribution in [3.05, 3.63) is 71.8 Å². The summed E-state index contributed by atoms with van der Waals surface area (Å²) < 4.78 is 0. The lowest BCUT2D eigenvalue weighted by molar-refractivity contribution is -0.135. The second-order valence-corrected chi connectivity index (χ2v) is 13.0. The molecule has 2 heterocycles. The van der Waals surface area contributed by atoms with Gasteiger partial charge in [-0.3, -0.25) is 24.4 Å². The van der Waals surface area contributed by atoms with E-state index in [-0.39, 0.29) is 11.1 Å². The van der Waals surface area contributed by atoms with E-state index in [9.17, 15) is 0 Å². The summed E-state index contributed by atoms with van der Waals surface area (Å²) in [5, 5.41) is 0. The van der Waals surface area contributed by atoms with E-state index in [1.165, 1.54) is 36.8 Å². The molecule has 5 heteroatoms. The number of hydrogen-bond donors (Lipinski definition) is 0. The lowest BCUT2D eigenvalue weighted by atomic mass is 9.89. The molecule has 0 aromatic heterocycles. The molecule has 0 bridgehead atoms. The van der Waals surface area contributed by atoms with Gasteiger partial charge in [0.2, 0.25) is 0 Å². The first-order valence-electron chi connectivity index (χ1n) is 15.3. The van der Waals surface area contributed by atoms with Crippen molar-refractivity contribution in [1.29, 1.82) is 0 Å². The Morgan fingerprint density at radius 2 is 0.921 bits per heavy atom. The Labute approximate surface area is 227 Å². The van der Waals surface area contributed by atoms with Crippen LogP contribution in [0, 0.1) is 0 Å². The third-order valence-corrected chi connectivity index (χ3v) is 10.9. The maximum Gasteiger partial charge on any atom is 0.174 e. The fourth-order valence-corrected chi connectivity index (χ4v) is 8.38. The van der Waals surface area contributed by atoms with Gasteiger partial charge in [-0.2, -0.15) is 0 Å². The monoisotopic (exact) mass is 510 g/mol. The predicted molar refractivity (Wildman–Crippen MR) is 150 cm³/mol. The van der Waals surface area contributed by atoms with E-state index in [4.69, 9.17) is 0 Å². The molecule has 0 N–H and O–H groups in total. The Bertz CT molecular complexity index is 1070. The van der Waals surface area contributed by atoms with Crippen LogP contribution < -0.4 is 0 Å². The highest BCUT2D eigenvalue weighted by Crippen LogP contribution is 2.65. The van der Waals surface area contributed by atoms with E-state index in [0.717, 1.165) is 77.3 Å². The summed E-state index contributed by atoms with van der Waals surface area (Å²) in [6, 6.07) is 23.5. The van der Waals surface area contributed by atoms with Crippen molar-refractivity contribution in [1.82, 2.24) is 19.6 Å². The van der Waals surface area contributed by atoms with Gasteiger partial charge in [0.1, 0.15) is 0 Å². The molecule has 2 saturated heterocycles. The zero-order valence-corrected chi connectivity index (χ0v) is 22.7. The van der Waals surface area contributed by atoms with Crippen molar-refractivity contribution in [2.75, 3.05) is 52.4 Å². The van der Waals surface area contributed by atoms with E-state index in [0.29, 0.717) is 17.6 Å². The summed E-state index contributed by atoms with van der Waals surface area (Å²) >= 11 is 0. The van der Waals surface area contributed by atoms with Gasteiger partial charge in [0, 0.05) is 76.3 Å². The van der Waals surface area contributed by atoms with Crippen molar-refractivity contribution < 1.29 is 4.79 Å². The van der Waals surface area contributed by atoms with Gasteiger partial charge in [-0.25, -0.2) is 0 Å². The maximum atomic E-state index is 15.3. The molecule has 0 spiro atoms. The first kappa shape index (κ1) is 23.8. The Kier molecular flexibility index (Phi) is 5.63. The third kappa shape index (κ3) is 3.84. The first-order chi connectivity index (χ1) is 18.7. The largest absolute Gasteiger partial charge is 0.298 e. The van der Waals surface area contributed by atoms with Crippen LogP contribution in [0.3, 0.4) is 0 Å². The Morgan fingerprint density at radius 3 is 1.26 bits per heavy atom. The minimum atomic E-state index is -0.339. The number of nitrogens with zero attached hydrogens (tertiary/aromatic N) is 4. The van der Waals surface area contributed by atoms with Crippen LogP contribution in [0.4, 0.5) is 0 Å². The van der Waals surface area contributed by atoms with E-state index in [1.54, 1.807) is 0 Å². The van der Waals surface area contributed by atoms with Crippen LogP contribution >= 0.6 is 0 Å². The zero-order chi connectivity index (χ0) is 25.3. The Hall–Kier alpha value is -2.05. The molecule has 2 aromatic rings. The van der Waals surface area contributed by atoms with Crippen molar-refractivity contribution in [2.24, 2.45) is 0 Å². The van der Waals surface area contributed by atoms with Crippen LogP contribution in [0.2, 0.25) is 0 Å². The average Bonchev–Trinajstić information content (AvgIpc) is 3.84. The Morgan fingerprint density at radius 1 is 0.553 bits per heavy atom. The fourth-order valence-electron chi connectivity index (χ4n) is 8.38. The molecule has 0 amide bonds. The van der Waals surface area contributed by atoms with Gasteiger partial charge in [-0.15, -0.1) is 0 Å². The summed E-state index contributed by atoms with van der Waals surface area (Å²) in [6.45, 7) is 8.62. The molecule has 0 radical (unpaired) electrons. The van der Waals surface area contributed by atoms with Crippen LogP contribution in [0.1, 0.15) is 61.5 Å². The molecule has 6 fully saturated rings. The smallest absolute Gasteiger partial charge is 0.174 e. The van der Waals surface area contributed by atoms with E-state index in [1.807, 2.05) is 0 Å². The second kappa shape index (κ2) is 8.99. The summed E-state index contributed by atoms with van der Waals surface area (Å²) in [4.78, 5) is 26.0. The number of hydrogen-bond acceptors (Lipinski definition) is 5. The predicted octanol–water partition coefficient (Wildman–Crippen LogP) is 3.97. The van der Waals surface area contributed by atoms with Gasteiger partial charge in [0.05, 0.1) is 11.1 Å². The summed E-state index contributed by atoms with van der Waals surface area (Å²) in [5.41, 5.74) is 2.04. The number of carbonyl (C=O) groups is 1. The topological polar surface area (TPSA) is 30.0 Å². The van der Waals surface area contributed by atoms with Gasteiger partial charge >= 0.3 is 0 Å². The number of Topliss-reactive ketones (excluding diaryl/α,β-unsaturated/α-hetero) is 1. The third-order valence-electron chi connectivity index (χ3n) is 10.9. The highest BCUT2D eigenvalue weighted by molar-refractivity contribution is 6.04. The molecule has 2 aliphatic heterocycles. The van der Waals surface area contributed by atoms with Crippen LogP contribution in [0.25, 0.3) is 0 Å². The molecular formula is C33H42N4O. The van der Waals surface area contributed by atoms with E-state index < -0.39 is 0 Å².